The molecule has 0 saturated carbocycles. The smallest absolute Gasteiger partial charge is 0.307 e. The molecule has 0 heterocycles. The van der Waals surface area contributed by atoms with Gasteiger partial charge in [0, 0.05) is 21.3 Å². The molecule has 8 heteroatoms. The predicted octanol–water partition coefficient (Wildman–Crippen LogP) is 5.06. The van der Waals surface area contributed by atoms with Gasteiger partial charge in [-0.25, -0.2) is 0 Å². The number of thioether (sulfide) groups is 1. The number of aliphatic carboxylic acids is 1. The number of hydrogen-bond donors (Lipinski definition) is 3. The average molecular weight is 459 g/mol. The molecule has 2 aromatic carbocycles. The quantitative estimate of drug-likeness (QED) is 0.398. The van der Waals surface area contributed by atoms with Crippen LogP contribution in [0.3, 0.4) is 0 Å². The van der Waals surface area contributed by atoms with Crippen molar-refractivity contribution in [3.05, 3.63) is 65.7 Å². The first-order chi connectivity index (χ1) is 14.8. The first-order valence-electron chi connectivity index (χ1n) is 9.85. The number of carboxylic acids is 1. The summed E-state index contributed by atoms with van der Waals surface area (Å²) in [6, 6.07) is 14.1. The summed E-state index contributed by atoms with van der Waals surface area (Å²) >= 11 is 7.33. The molecule has 0 radical (unpaired) electrons. The van der Waals surface area contributed by atoms with Crippen LogP contribution in [0.15, 0.2) is 65.6 Å². The van der Waals surface area contributed by atoms with Gasteiger partial charge in [-0.2, -0.15) is 0 Å². The van der Waals surface area contributed by atoms with Crippen molar-refractivity contribution in [1.29, 1.82) is 0 Å². The lowest BCUT2D eigenvalue weighted by atomic mass is 9.82. The molecule has 0 fully saturated rings. The molecule has 2 aromatic rings. The van der Waals surface area contributed by atoms with E-state index in [1.165, 1.54) is 11.8 Å². The third-order valence-corrected chi connectivity index (χ3v) is 6.33. The van der Waals surface area contributed by atoms with Crippen LogP contribution in [0, 0.1) is 11.8 Å². The maximum Gasteiger partial charge on any atom is 0.307 e. The van der Waals surface area contributed by atoms with Crippen LogP contribution in [-0.2, 0) is 14.4 Å². The summed E-state index contributed by atoms with van der Waals surface area (Å²) in [5.41, 5.74) is 1.23. The number of carbonyl (C=O) groups is 3. The topological polar surface area (TPSA) is 95.5 Å². The van der Waals surface area contributed by atoms with E-state index < -0.39 is 17.8 Å². The van der Waals surface area contributed by atoms with Gasteiger partial charge in [0.15, 0.2) is 0 Å². The van der Waals surface area contributed by atoms with Gasteiger partial charge in [0.2, 0.25) is 11.8 Å². The number of carboxylic acid groups (broad SMARTS) is 1. The molecule has 3 rings (SSSR count). The number of hydrogen-bond acceptors (Lipinski definition) is 4. The van der Waals surface area contributed by atoms with Gasteiger partial charge in [0.05, 0.1) is 17.1 Å². The molecule has 3 unspecified atom stereocenters. The summed E-state index contributed by atoms with van der Waals surface area (Å²) in [7, 11) is 0. The number of amides is 2. The predicted molar refractivity (Wildman–Crippen MR) is 123 cm³/mol. The van der Waals surface area contributed by atoms with Crippen molar-refractivity contribution >= 4 is 52.5 Å². The van der Waals surface area contributed by atoms with Gasteiger partial charge in [-0.3, -0.25) is 14.4 Å². The lowest BCUT2D eigenvalue weighted by Crippen LogP contribution is -2.34. The van der Waals surface area contributed by atoms with Gasteiger partial charge in [-0.1, -0.05) is 29.8 Å². The fourth-order valence-electron chi connectivity index (χ4n) is 3.30. The van der Waals surface area contributed by atoms with Crippen molar-refractivity contribution in [2.45, 2.75) is 29.9 Å². The Bertz CT molecular complexity index is 993. The van der Waals surface area contributed by atoms with Crippen LogP contribution >= 0.6 is 23.4 Å². The fourth-order valence-corrected chi connectivity index (χ4v) is 4.35. The van der Waals surface area contributed by atoms with Gasteiger partial charge in [-0.05, 0) is 62.2 Å². The SMILES string of the molecule is CC(Sc1ccc(NC(=O)C2CC=CCC2C(=O)O)cc1)C(=O)Nc1cccc(Cl)c1. The van der Waals surface area contributed by atoms with Crippen molar-refractivity contribution in [2.24, 2.45) is 11.8 Å². The van der Waals surface area contributed by atoms with Crippen molar-refractivity contribution in [3.63, 3.8) is 0 Å². The van der Waals surface area contributed by atoms with E-state index in [1.54, 1.807) is 42.5 Å². The molecular weight excluding hydrogens is 436 g/mol. The van der Waals surface area contributed by atoms with Crippen LogP contribution in [0.2, 0.25) is 5.02 Å². The summed E-state index contributed by atoms with van der Waals surface area (Å²) in [4.78, 5) is 37.2. The fraction of sp³-hybridized carbons (Fsp3) is 0.261. The van der Waals surface area contributed by atoms with Crippen LogP contribution in [0.25, 0.3) is 0 Å². The maximum absolute atomic E-state index is 12.6. The van der Waals surface area contributed by atoms with E-state index in [0.717, 1.165) is 4.90 Å². The normalized spacial score (nSPS) is 18.8. The van der Waals surface area contributed by atoms with Crippen molar-refractivity contribution in [2.75, 3.05) is 10.6 Å². The monoisotopic (exact) mass is 458 g/mol. The van der Waals surface area contributed by atoms with E-state index >= 15 is 0 Å². The Morgan fingerprint density at radius 1 is 1.00 bits per heavy atom. The molecule has 162 valence electrons. The van der Waals surface area contributed by atoms with Crippen LogP contribution in [0.1, 0.15) is 19.8 Å². The molecule has 3 N–H and O–H groups in total. The van der Waals surface area contributed by atoms with Crippen molar-refractivity contribution in [1.82, 2.24) is 0 Å². The number of allylic oxidation sites excluding steroid dienone is 2. The van der Waals surface area contributed by atoms with E-state index in [1.807, 2.05) is 25.1 Å². The largest absolute Gasteiger partial charge is 0.481 e. The van der Waals surface area contributed by atoms with E-state index in [0.29, 0.717) is 29.2 Å². The van der Waals surface area contributed by atoms with E-state index in [2.05, 4.69) is 10.6 Å². The zero-order valence-corrected chi connectivity index (χ0v) is 18.5. The standard InChI is InChI=1S/C23H23ClN2O4S/c1-14(21(27)26-17-6-4-5-15(24)13-17)31-18-11-9-16(10-12-18)25-22(28)19-7-2-3-8-20(19)23(29)30/h2-6,9-14,19-20H,7-8H2,1H3,(H,25,28)(H,26,27)(H,29,30). The highest BCUT2D eigenvalue weighted by molar-refractivity contribution is 8.00. The van der Waals surface area contributed by atoms with Gasteiger partial charge >= 0.3 is 5.97 Å². The highest BCUT2D eigenvalue weighted by atomic mass is 35.5. The Hall–Kier alpha value is -2.77. The number of carbonyl (C=O) groups excluding carboxylic acids is 2. The molecule has 0 bridgehead atoms. The van der Waals surface area contributed by atoms with Gasteiger partial charge < -0.3 is 15.7 Å². The number of rotatable bonds is 7. The van der Waals surface area contributed by atoms with Gasteiger partial charge in [-0.15, -0.1) is 11.8 Å². The highest BCUT2D eigenvalue weighted by Gasteiger charge is 2.33. The lowest BCUT2D eigenvalue weighted by Gasteiger charge is -2.24. The molecule has 0 aliphatic heterocycles. The third-order valence-electron chi connectivity index (χ3n) is 4.98. The molecule has 0 aromatic heterocycles. The number of nitrogens with one attached hydrogen (secondary N) is 2. The number of benzene rings is 2. The van der Waals surface area contributed by atoms with Crippen LogP contribution in [0.4, 0.5) is 11.4 Å². The molecule has 31 heavy (non-hydrogen) atoms. The minimum atomic E-state index is -0.957. The van der Waals surface area contributed by atoms with E-state index in [9.17, 15) is 19.5 Å². The summed E-state index contributed by atoms with van der Waals surface area (Å²) in [5.74, 6) is -2.70. The number of halogens is 1. The maximum atomic E-state index is 12.6. The van der Waals surface area contributed by atoms with Crippen LogP contribution in [-0.4, -0.2) is 28.1 Å². The molecule has 0 spiro atoms. The molecule has 3 atom stereocenters. The second-order valence-corrected chi connectivity index (χ2v) is 9.12. The molecule has 6 nitrogen and oxygen atoms in total. The van der Waals surface area contributed by atoms with Gasteiger partial charge in [0.1, 0.15) is 0 Å². The summed E-state index contributed by atoms with van der Waals surface area (Å²) in [5, 5.41) is 15.2. The first kappa shape index (κ1) is 22.9. The van der Waals surface area contributed by atoms with Crippen LogP contribution in [0.5, 0.6) is 0 Å². The molecule has 2 amide bonds. The van der Waals surface area contributed by atoms with Crippen molar-refractivity contribution < 1.29 is 19.5 Å². The Morgan fingerprint density at radius 2 is 1.68 bits per heavy atom. The van der Waals surface area contributed by atoms with Gasteiger partial charge in [0.25, 0.3) is 0 Å². The second kappa shape index (κ2) is 10.5. The average Bonchev–Trinajstić information content (AvgIpc) is 2.75. The molecule has 1 aliphatic carbocycles. The summed E-state index contributed by atoms with van der Waals surface area (Å²) in [6.07, 6.45) is 4.42. The minimum Gasteiger partial charge on any atom is -0.481 e. The van der Waals surface area contributed by atoms with Crippen molar-refractivity contribution in [3.8, 4) is 0 Å². The Labute approximate surface area is 190 Å². The number of anilines is 2. The molecule has 1 aliphatic rings. The Morgan fingerprint density at radius 3 is 2.32 bits per heavy atom. The molecule has 0 saturated heterocycles. The Balaban J connectivity index is 1.56. The molecular formula is C23H23ClN2O4S. The zero-order chi connectivity index (χ0) is 22.4. The van der Waals surface area contributed by atoms with E-state index in [-0.39, 0.29) is 17.1 Å². The van der Waals surface area contributed by atoms with E-state index in [4.69, 9.17) is 11.6 Å². The third kappa shape index (κ3) is 6.35. The summed E-state index contributed by atoms with van der Waals surface area (Å²) < 4.78 is 0. The zero-order valence-electron chi connectivity index (χ0n) is 16.9. The lowest BCUT2D eigenvalue weighted by molar-refractivity contribution is -0.146. The van der Waals surface area contributed by atoms with Crippen LogP contribution < -0.4 is 10.6 Å². The highest BCUT2D eigenvalue weighted by Crippen LogP contribution is 2.29. The second-order valence-electron chi connectivity index (χ2n) is 7.27. The first-order valence-corrected chi connectivity index (χ1v) is 11.1. The Kier molecular flexibility index (Phi) is 7.76. The minimum absolute atomic E-state index is 0.144. The summed E-state index contributed by atoms with van der Waals surface area (Å²) in [6.45, 7) is 1.81.